The maximum Gasteiger partial charge on any atom is 0.301 e. The Bertz CT molecular complexity index is 482. The highest BCUT2D eigenvalue weighted by atomic mass is 35.5. The van der Waals surface area contributed by atoms with E-state index in [1.165, 1.54) is 6.26 Å². The molecular weight excluding hydrogens is 228 g/mol. The number of hydrogen-bond acceptors (Lipinski definition) is 3. The second-order valence-corrected chi connectivity index (χ2v) is 3.35. The lowest BCUT2D eigenvalue weighted by molar-refractivity contribution is -0.114. The number of carbonyl (C=O) groups is 1. The molecule has 16 heavy (non-hydrogen) atoms. The number of oxazole rings is 1. The van der Waals surface area contributed by atoms with Gasteiger partial charge in [0.25, 0.3) is 0 Å². The second-order valence-electron chi connectivity index (χ2n) is 3.09. The fraction of sp³-hybridized carbons (Fsp3) is 0.0909. The van der Waals surface area contributed by atoms with Gasteiger partial charge in [-0.3, -0.25) is 10.1 Å². The Morgan fingerprint density at radius 3 is 2.81 bits per heavy atom. The molecule has 0 radical (unpaired) electrons. The van der Waals surface area contributed by atoms with E-state index >= 15 is 0 Å². The molecular formula is C11H9ClN2O2. The van der Waals surface area contributed by atoms with Crippen LogP contribution >= 0.6 is 11.6 Å². The minimum absolute atomic E-state index is 0.122. The molecule has 0 saturated heterocycles. The van der Waals surface area contributed by atoms with Gasteiger partial charge in [0.1, 0.15) is 17.8 Å². The van der Waals surface area contributed by atoms with Crippen molar-refractivity contribution >= 4 is 23.5 Å². The first kappa shape index (κ1) is 10.7. The lowest BCUT2D eigenvalue weighted by atomic mass is 10.2. The van der Waals surface area contributed by atoms with Gasteiger partial charge in [-0.1, -0.05) is 30.3 Å². The monoisotopic (exact) mass is 236 g/mol. The minimum Gasteiger partial charge on any atom is -0.431 e. The summed E-state index contributed by atoms with van der Waals surface area (Å²) in [6.45, 7) is 0. The summed E-state index contributed by atoms with van der Waals surface area (Å²) in [4.78, 5) is 15.1. The number of benzene rings is 1. The van der Waals surface area contributed by atoms with Gasteiger partial charge in [-0.15, -0.1) is 11.6 Å². The first-order valence-electron chi connectivity index (χ1n) is 4.66. The van der Waals surface area contributed by atoms with E-state index in [-0.39, 0.29) is 17.8 Å². The summed E-state index contributed by atoms with van der Waals surface area (Å²) in [6, 6.07) is 9.70. The first-order chi connectivity index (χ1) is 7.79. The van der Waals surface area contributed by atoms with Crippen LogP contribution in [0.5, 0.6) is 0 Å². The van der Waals surface area contributed by atoms with Gasteiger partial charge in [-0.05, 0) is 0 Å². The molecule has 0 bridgehead atoms. The van der Waals surface area contributed by atoms with Crippen molar-refractivity contribution in [1.29, 1.82) is 0 Å². The number of hydrogen-bond donors (Lipinski definition) is 1. The van der Waals surface area contributed by atoms with Crippen molar-refractivity contribution in [2.24, 2.45) is 0 Å². The van der Waals surface area contributed by atoms with Crippen LogP contribution in [0.4, 0.5) is 6.01 Å². The predicted molar refractivity (Wildman–Crippen MR) is 61.3 cm³/mol. The standard InChI is InChI=1S/C11H9ClN2O2/c12-6-10(15)14-11-13-9(7-16-11)8-4-2-1-3-5-8/h1-5,7H,6H2,(H,13,14,15). The molecule has 0 aliphatic heterocycles. The molecule has 0 spiro atoms. The molecule has 1 aromatic heterocycles. The third-order valence-electron chi connectivity index (χ3n) is 1.94. The Balaban J connectivity index is 2.17. The Kier molecular flexibility index (Phi) is 3.22. The molecule has 0 fully saturated rings. The van der Waals surface area contributed by atoms with Gasteiger partial charge in [0, 0.05) is 5.56 Å². The van der Waals surface area contributed by atoms with Crippen LogP contribution in [0.3, 0.4) is 0 Å². The molecule has 4 nitrogen and oxygen atoms in total. The lowest BCUT2D eigenvalue weighted by Crippen LogP contribution is -2.12. The van der Waals surface area contributed by atoms with Gasteiger partial charge in [0.2, 0.25) is 5.91 Å². The molecule has 82 valence electrons. The van der Waals surface area contributed by atoms with Crippen LogP contribution in [0.25, 0.3) is 11.3 Å². The Hall–Kier alpha value is -1.81. The highest BCUT2D eigenvalue weighted by molar-refractivity contribution is 6.28. The number of nitrogens with one attached hydrogen (secondary N) is 1. The summed E-state index contributed by atoms with van der Waals surface area (Å²) < 4.78 is 5.09. The molecule has 1 N–H and O–H groups in total. The Morgan fingerprint density at radius 1 is 1.38 bits per heavy atom. The summed E-state index contributed by atoms with van der Waals surface area (Å²) in [7, 11) is 0. The molecule has 0 atom stereocenters. The van der Waals surface area contributed by atoms with Crippen LogP contribution < -0.4 is 5.32 Å². The molecule has 0 saturated carbocycles. The molecule has 2 rings (SSSR count). The normalized spacial score (nSPS) is 10.1. The van der Waals surface area contributed by atoms with E-state index in [9.17, 15) is 4.79 Å². The van der Waals surface area contributed by atoms with Crippen LogP contribution in [0.2, 0.25) is 0 Å². The lowest BCUT2D eigenvalue weighted by Gasteiger charge is -1.94. The van der Waals surface area contributed by atoms with E-state index in [0.29, 0.717) is 5.69 Å². The summed E-state index contributed by atoms with van der Waals surface area (Å²) in [6.07, 6.45) is 1.49. The number of nitrogens with zero attached hydrogens (tertiary/aromatic N) is 1. The van der Waals surface area contributed by atoms with Gasteiger partial charge in [-0.25, -0.2) is 0 Å². The zero-order valence-corrected chi connectivity index (χ0v) is 9.07. The molecule has 1 heterocycles. The molecule has 1 amide bonds. The van der Waals surface area contributed by atoms with Crippen LogP contribution in [0, 0.1) is 0 Å². The van der Waals surface area contributed by atoms with Gasteiger partial charge in [-0.2, -0.15) is 4.98 Å². The first-order valence-corrected chi connectivity index (χ1v) is 5.20. The summed E-state index contributed by atoms with van der Waals surface area (Å²) in [5, 5.41) is 2.43. The maximum absolute atomic E-state index is 11.0. The van der Waals surface area contributed by atoms with Crippen molar-refractivity contribution in [2.75, 3.05) is 11.2 Å². The van der Waals surface area contributed by atoms with Crippen LogP contribution in [-0.4, -0.2) is 16.8 Å². The van der Waals surface area contributed by atoms with E-state index in [1.807, 2.05) is 30.3 Å². The second kappa shape index (κ2) is 4.81. The van der Waals surface area contributed by atoms with E-state index in [0.717, 1.165) is 5.56 Å². The third kappa shape index (κ3) is 2.41. The van der Waals surface area contributed by atoms with Crippen LogP contribution in [0.15, 0.2) is 41.0 Å². The molecule has 0 unspecified atom stereocenters. The summed E-state index contributed by atoms with van der Waals surface area (Å²) >= 11 is 5.34. The van der Waals surface area contributed by atoms with E-state index < -0.39 is 0 Å². The van der Waals surface area contributed by atoms with Crippen molar-refractivity contribution in [1.82, 2.24) is 4.98 Å². The summed E-state index contributed by atoms with van der Waals surface area (Å²) in [5.41, 5.74) is 1.60. The van der Waals surface area contributed by atoms with Crippen molar-refractivity contribution in [3.63, 3.8) is 0 Å². The number of halogens is 1. The van der Waals surface area contributed by atoms with E-state index in [2.05, 4.69) is 10.3 Å². The number of anilines is 1. The Labute approximate surface area is 97.2 Å². The van der Waals surface area contributed by atoms with E-state index in [1.54, 1.807) is 0 Å². The number of rotatable bonds is 3. The largest absolute Gasteiger partial charge is 0.431 e. The predicted octanol–water partition coefficient (Wildman–Crippen LogP) is 2.52. The van der Waals surface area contributed by atoms with E-state index in [4.69, 9.17) is 16.0 Å². The number of carbonyl (C=O) groups excluding carboxylic acids is 1. The topological polar surface area (TPSA) is 55.1 Å². The fourth-order valence-electron chi connectivity index (χ4n) is 1.23. The number of alkyl halides is 1. The number of aromatic nitrogens is 1. The molecule has 2 aromatic rings. The SMILES string of the molecule is O=C(CCl)Nc1nc(-c2ccccc2)co1. The molecule has 1 aromatic carbocycles. The quantitative estimate of drug-likeness (QED) is 0.834. The molecule has 0 aliphatic rings. The smallest absolute Gasteiger partial charge is 0.301 e. The van der Waals surface area contributed by atoms with Crippen LogP contribution in [0.1, 0.15) is 0 Å². The highest BCUT2D eigenvalue weighted by Gasteiger charge is 2.08. The zero-order chi connectivity index (χ0) is 11.4. The maximum atomic E-state index is 11.0. The zero-order valence-electron chi connectivity index (χ0n) is 8.31. The van der Waals surface area contributed by atoms with Crippen molar-refractivity contribution in [3.05, 3.63) is 36.6 Å². The third-order valence-corrected chi connectivity index (χ3v) is 2.18. The van der Waals surface area contributed by atoms with Gasteiger partial charge in [0.15, 0.2) is 0 Å². The van der Waals surface area contributed by atoms with Crippen molar-refractivity contribution in [2.45, 2.75) is 0 Å². The van der Waals surface area contributed by atoms with Crippen molar-refractivity contribution < 1.29 is 9.21 Å². The minimum atomic E-state index is -0.344. The Morgan fingerprint density at radius 2 is 2.12 bits per heavy atom. The number of amides is 1. The van der Waals surface area contributed by atoms with Crippen LogP contribution in [-0.2, 0) is 4.79 Å². The fourth-order valence-corrected chi connectivity index (χ4v) is 1.29. The van der Waals surface area contributed by atoms with Gasteiger partial charge >= 0.3 is 6.01 Å². The average Bonchev–Trinajstić information content (AvgIpc) is 2.78. The molecule has 5 heteroatoms. The van der Waals surface area contributed by atoms with Crippen molar-refractivity contribution in [3.8, 4) is 11.3 Å². The van der Waals surface area contributed by atoms with Gasteiger partial charge < -0.3 is 4.42 Å². The summed E-state index contributed by atoms with van der Waals surface area (Å²) in [5.74, 6) is -0.466. The highest BCUT2D eigenvalue weighted by Crippen LogP contribution is 2.19. The molecule has 0 aliphatic carbocycles. The average molecular weight is 237 g/mol. The van der Waals surface area contributed by atoms with Gasteiger partial charge in [0.05, 0.1) is 0 Å².